The largest absolute Gasteiger partial charge is 0.388 e. The summed E-state index contributed by atoms with van der Waals surface area (Å²) >= 11 is 0. The topological polar surface area (TPSA) is 87.3 Å². The van der Waals surface area contributed by atoms with Gasteiger partial charge in [0, 0.05) is 18.7 Å². The second kappa shape index (κ2) is 5.07. The zero-order valence-corrected chi connectivity index (χ0v) is 11.0. The zero-order chi connectivity index (χ0) is 13.2. The van der Waals surface area contributed by atoms with E-state index in [9.17, 15) is 5.11 Å². The van der Waals surface area contributed by atoms with Gasteiger partial charge in [-0.1, -0.05) is 13.3 Å². The van der Waals surface area contributed by atoms with Crippen molar-refractivity contribution in [3.05, 3.63) is 11.9 Å². The molecule has 1 atom stereocenters. The number of β-amino-alcohol motifs (C(OH)–C–C–N with tert-alkyl or cyclic N) is 1. The van der Waals surface area contributed by atoms with Crippen molar-refractivity contribution in [2.24, 2.45) is 5.84 Å². The summed E-state index contributed by atoms with van der Waals surface area (Å²) in [5.74, 6) is 7.05. The summed E-state index contributed by atoms with van der Waals surface area (Å²) in [5, 5.41) is 10.0. The molecule has 18 heavy (non-hydrogen) atoms. The Balaban J connectivity index is 2.32. The molecule has 4 N–H and O–H groups in total. The molecule has 0 amide bonds. The summed E-state index contributed by atoms with van der Waals surface area (Å²) in [5.41, 5.74) is 3.02. The van der Waals surface area contributed by atoms with Crippen LogP contribution in [0.3, 0.4) is 0 Å². The molecular weight excluding hydrogens is 230 g/mol. The lowest BCUT2D eigenvalue weighted by Crippen LogP contribution is -2.31. The van der Waals surface area contributed by atoms with Gasteiger partial charge in [0.05, 0.1) is 5.60 Å². The Labute approximate surface area is 107 Å². The van der Waals surface area contributed by atoms with E-state index < -0.39 is 5.60 Å². The number of anilines is 2. The molecule has 1 unspecified atom stereocenters. The normalized spacial score (nSPS) is 23.4. The highest BCUT2D eigenvalue weighted by atomic mass is 16.3. The molecule has 0 aromatic carbocycles. The minimum absolute atomic E-state index is 0.602. The second-order valence-electron chi connectivity index (χ2n) is 5.09. The van der Waals surface area contributed by atoms with Gasteiger partial charge in [0.25, 0.3) is 0 Å². The molecule has 0 aliphatic carbocycles. The van der Waals surface area contributed by atoms with Crippen molar-refractivity contribution in [1.82, 2.24) is 9.97 Å². The number of nitrogens with two attached hydrogens (primary N) is 1. The lowest BCUT2D eigenvalue weighted by molar-refractivity contribution is 0.0839. The number of hydrogen-bond acceptors (Lipinski definition) is 6. The monoisotopic (exact) mass is 251 g/mol. The van der Waals surface area contributed by atoms with Gasteiger partial charge in [-0.25, -0.2) is 15.8 Å². The maximum atomic E-state index is 10.0. The molecule has 0 bridgehead atoms. The molecule has 0 spiro atoms. The van der Waals surface area contributed by atoms with Crippen LogP contribution in [0.5, 0.6) is 0 Å². The molecule has 2 heterocycles. The van der Waals surface area contributed by atoms with Crippen molar-refractivity contribution < 1.29 is 5.11 Å². The second-order valence-corrected chi connectivity index (χ2v) is 5.09. The van der Waals surface area contributed by atoms with Crippen LogP contribution in [0.1, 0.15) is 32.3 Å². The van der Waals surface area contributed by atoms with E-state index in [0.717, 1.165) is 37.2 Å². The SMILES string of the molecule is CCCc1c(NN)ncnc1N1CCC(C)(O)C1. The van der Waals surface area contributed by atoms with E-state index in [2.05, 4.69) is 27.2 Å². The van der Waals surface area contributed by atoms with Crippen molar-refractivity contribution in [3.8, 4) is 0 Å². The Hall–Kier alpha value is -1.40. The van der Waals surface area contributed by atoms with E-state index in [1.807, 2.05) is 6.92 Å². The van der Waals surface area contributed by atoms with Crippen molar-refractivity contribution in [2.75, 3.05) is 23.4 Å². The molecule has 0 radical (unpaired) electrons. The maximum Gasteiger partial charge on any atom is 0.148 e. The van der Waals surface area contributed by atoms with Crippen LogP contribution >= 0.6 is 0 Å². The van der Waals surface area contributed by atoms with Crippen LogP contribution in [0.2, 0.25) is 0 Å². The number of nitrogen functional groups attached to an aromatic ring is 1. The van der Waals surface area contributed by atoms with Crippen LogP contribution in [0.15, 0.2) is 6.33 Å². The third-order valence-electron chi connectivity index (χ3n) is 3.31. The summed E-state index contributed by atoms with van der Waals surface area (Å²) in [4.78, 5) is 10.6. The highest BCUT2D eigenvalue weighted by molar-refractivity contribution is 5.59. The molecule has 1 aliphatic heterocycles. The Morgan fingerprint density at radius 3 is 2.89 bits per heavy atom. The van der Waals surface area contributed by atoms with E-state index in [4.69, 9.17) is 5.84 Å². The van der Waals surface area contributed by atoms with Gasteiger partial charge < -0.3 is 15.4 Å². The lowest BCUT2D eigenvalue weighted by Gasteiger charge is -2.23. The molecule has 1 saturated heterocycles. The zero-order valence-electron chi connectivity index (χ0n) is 11.0. The van der Waals surface area contributed by atoms with E-state index in [-0.39, 0.29) is 0 Å². The first-order valence-corrected chi connectivity index (χ1v) is 6.35. The van der Waals surface area contributed by atoms with Gasteiger partial charge in [0.2, 0.25) is 0 Å². The van der Waals surface area contributed by atoms with E-state index >= 15 is 0 Å². The van der Waals surface area contributed by atoms with Gasteiger partial charge in [-0.15, -0.1) is 0 Å². The summed E-state index contributed by atoms with van der Waals surface area (Å²) in [6, 6.07) is 0. The van der Waals surface area contributed by atoms with E-state index in [1.165, 1.54) is 6.33 Å². The van der Waals surface area contributed by atoms with Gasteiger partial charge in [-0.3, -0.25) is 0 Å². The molecule has 2 rings (SSSR count). The van der Waals surface area contributed by atoms with E-state index in [0.29, 0.717) is 12.4 Å². The molecule has 1 aromatic heterocycles. The van der Waals surface area contributed by atoms with Crippen molar-refractivity contribution in [3.63, 3.8) is 0 Å². The minimum Gasteiger partial charge on any atom is -0.388 e. The predicted molar refractivity (Wildman–Crippen MR) is 71.3 cm³/mol. The number of nitrogens with one attached hydrogen (secondary N) is 1. The molecule has 1 fully saturated rings. The van der Waals surface area contributed by atoms with Crippen LogP contribution < -0.4 is 16.2 Å². The number of aromatic nitrogens is 2. The number of hydrazine groups is 1. The number of hydrogen-bond donors (Lipinski definition) is 3. The number of nitrogens with zero attached hydrogens (tertiary/aromatic N) is 3. The Morgan fingerprint density at radius 2 is 2.33 bits per heavy atom. The number of rotatable bonds is 4. The lowest BCUT2D eigenvalue weighted by atomic mass is 10.1. The third kappa shape index (κ3) is 2.54. The minimum atomic E-state index is -0.634. The van der Waals surface area contributed by atoms with Gasteiger partial charge in [0.1, 0.15) is 18.0 Å². The molecule has 0 saturated carbocycles. The van der Waals surface area contributed by atoms with Crippen molar-refractivity contribution in [2.45, 2.75) is 38.7 Å². The molecule has 1 aliphatic rings. The maximum absolute atomic E-state index is 10.0. The fraction of sp³-hybridized carbons (Fsp3) is 0.667. The molecule has 6 nitrogen and oxygen atoms in total. The van der Waals surface area contributed by atoms with Crippen molar-refractivity contribution >= 4 is 11.6 Å². The molecule has 6 heteroatoms. The Bertz CT molecular complexity index is 421. The average Bonchev–Trinajstić information content (AvgIpc) is 2.70. The standard InChI is InChI=1S/C12H21N5O/c1-3-4-9-10(16-13)14-8-15-11(9)17-6-5-12(2,18)7-17/h8,18H,3-7,13H2,1-2H3,(H,14,15,16). The third-order valence-corrected chi connectivity index (χ3v) is 3.31. The Morgan fingerprint density at radius 1 is 1.56 bits per heavy atom. The van der Waals surface area contributed by atoms with Crippen LogP contribution in [-0.2, 0) is 6.42 Å². The molecule has 1 aromatic rings. The quantitative estimate of drug-likeness (QED) is 0.539. The fourth-order valence-corrected chi connectivity index (χ4v) is 2.41. The first-order valence-electron chi connectivity index (χ1n) is 6.35. The highest BCUT2D eigenvalue weighted by Crippen LogP contribution is 2.30. The summed E-state index contributed by atoms with van der Waals surface area (Å²) in [6.45, 7) is 5.38. The van der Waals surface area contributed by atoms with Crippen LogP contribution in [-0.4, -0.2) is 33.8 Å². The van der Waals surface area contributed by atoms with Gasteiger partial charge >= 0.3 is 0 Å². The summed E-state index contributed by atoms with van der Waals surface area (Å²) in [7, 11) is 0. The summed E-state index contributed by atoms with van der Waals surface area (Å²) in [6.07, 6.45) is 4.14. The fourth-order valence-electron chi connectivity index (χ4n) is 2.41. The molecular formula is C12H21N5O. The van der Waals surface area contributed by atoms with Gasteiger partial charge in [-0.05, 0) is 19.8 Å². The first kappa shape index (κ1) is 13.0. The van der Waals surface area contributed by atoms with Gasteiger partial charge in [0.15, 0.2) is 0 Å². The highest BCUT2D eigenvalue weighted by Gasteiger charge is 2.33. The summed E-state index contributed by atoms with van der Waals surface area (Å²) < 4.78 is 0. The Kier molecular flexibility index (Phi) is 3.68. The van der Waals surface area contributed by atoms with Crippen LogP contribution in [0, 0.1) is 0 Å². The van der Waals surface area contributed by atoms with Crippen LogP contribution in [0.25, 0.3) is 0 Å². The van der Waals surface area contributed by atoms with Crippen molar-refractivity contribution in [1.29, 1.82) is 0 Å². The smallest absolute Gasteiger partial charge is 0.148 e. The number of aliphatic hydroxyl groups is 1. The molecule has 100 valence electrons. The van der Waals surface area contributed by atoms with Crippen LogP contribution in [0.4, 0.5) is 11.6 Å². The van der Waals surface area contributed by atoms with E-state index in [1.54, 1.807) is 0 Å². The predicted octanol–water partition coefficient (Wildman–Crippen LogP) is 0.676. The first-order chi connectivity index (χ1) is 8.57. The average molecular weight is 251 g/mol. The van der Waals surface area contributed by atoms with Gasteiger partial charge in [-0.2, -0.15) is 0 Å².